The second kappa shape index (κ2) is 7.79. The van der Waals surface area contributed by atoms with Gasteiger partial charge in [0.2, 0.25) is 5.89 Å². The zero-order valence-electron chi connectivity index (χ0n) is 16.5. The lowest BCUT2D eigenvalue weighted by Gasteiger charge is -2.34. The van der Waals surface area contributed by atoms with Gasteiger partial charge in [0, 0.05) is 45.2 Å². The quantitative estimate of drug-likeness (QED) is 0.778. The Kier molecular flexibility index (Phi) is 5.03. The van der Waals surface area contributed by atoms with Crippen LogP contribution in [0.3, 0.4) is 0 Å². The van der Waals surface area contributed by atoms with E-state index in [1.165, 1.54) is 30.5 Å². The van der Waals surface area contributed by atoms with Gasteiger partial charge in [0.1, 0.15) is 5.76 Å². The molecule has 2 aromatic rings. The molecule has 0 N–H and O–H groups in total. The number of fused-ring (bicyclic) bond motifs is 2. The Morgan fingerprint density at radius 2 is 1.68 bits per heavy atom. The molecule has 1 aliphatic heterocycles. The summed E-state index contributed by atoms with van der Waals surface area (Å²) in [5, 5.41) is 4.64. The van der Waals surface area contributed by atoms with Crippen molar-refractivity contribution in [2.75, 3.05) is 32.7 Å². The van der Waals surface area contributed by atoms with E-state index in [0.29, 0.717) is 6.54 Å². The van der Waals surface area contributed by atoms with Crippen molar-refractivity contribution >= 4 is 0 Å². The molecule has 2 aliphatic carbocycles. The highest BCUT2D eigenvalue weighted by molar-refractivity contribution is 5.20. The van der Waals surface area contributed by atoms with Crippen molar-refractivity contribution in [3.63, 3.8) is 0 Å². The van der Waals surface area contributed by atoms with Gasteiger partial charge in [-0.2, -0.15) is 5.10 Å². The molecule has 0 atom stereocenters. The van der Waals surface area contributed by atoms with Gasteiger partial charge in [-0.1, -0.05) is 0 Å². The number of nitrogens with zero attached hydrogens (tertiary/aromatic N) is 5. The molecule has 3 aliphatic rings. The largest absolute Gasteiger partial charge is 0.444 e. The molecule has 1 fully saturated rings. The van der Waals surface area contributed by atoms with Crippen LogP contribution in [0.15, 0.2) is 15.3 Å². The van der Waals surface area contributed by atoms with Crippen molar-refractivity contribution in [1.82, 2.24) is 24.6 Å². The Bertz CT molecular complexity index is 873. The SMILES string of the molecule is O=c1cc2c(nn1CCN1CCN(Cc3nc4c(o3)CCC4)CC1)CCCC2. The van der Waals surface area contributed by atoms with Crippen LogP contribution in [0.1, 0.15) is 47.9 Å². The topological polar surface area (TPSA) is 67.4 Å². The first-order valence-electron chi connectivity index (χ1n) is 10.8. The predicted molar refractivity (Wildman–Crippen MR) is 105 cm³/mol. The van der Waals surface area contributed by atoms with E-state index in [9.17, 15) is 4.79 Å². The third-order valence-corrected chi connectivity index (χ3v) is 6.37. The molecule has 1 saturated heterocycles. The normalized spacial score (nSPS) is 20.3. The van der Waals surface area contributed by atoms with E-state index >= 15 is 0 Å². The number of hydrogen-bond donors (Lipinski definition) is 0. The van der Waals surface area contributed by atoms with Crippen LogP contribution in [-0.4, -0.2) is 57.3 Å². The fourth-order valence-electron chi connectivity index (χ4n) is 4.67. The van der Waals surface area contributed by atoms with Crippen LogP contribution in [-0.2, 0) is 38.8 Å². The second-order valence-corrected chi connectivity index (χ2v) is 8.33. The summed E-state index contributed by atoms with van der Waals surface area (Å²) in [7, 11) is 0. The second-order valence-electron chi connectivity index (χ2n) is 8.33. The summed E-state index contributed by atoms with van der Waals surface area (Å²) in [4.78, 5) is 21.8. The Balaban J connectivity index is 1.12. The maximum absolute atomic E-state index is 12.3. The smallest absolute Gasteiger partial charge is 0.267 e. The van der Waals surface area contributed by atoms with Gasteiger partial charge in [-0.05, 0) is 44.1 Å². The molecule has 0 saturated carbocycles. The number of oxazole rings is 1. The standard InChI is InChI=1S/C21H29N5O2/c27-21-14-16-4-1-2-5-17(16)23-26(21)13-12-24-8-10-25(11-9-24)15-20-22-18-6-3-7-19(18)28-20/h14H,1-13,15H2. The Labute approximate surface area is 165 Å². The maximum atomic E-state index is 12.3. The first kappa shape index (κ1) is 18.1. The van der Waals surface area contributed by atoms with E-state index in [0.717, 1.165) is 82.3 Å². The molecule has 2 aromatic heterocycles. The Morgan fingerprint density at radius 3 is 2.54 bits per heavy atom. The van der Waals surface area contributed by atoms with Gasteiger partial charge < -0.3 is 4.42 Å². The highest BCUT2D eigenvalue weighted by Gasteiger charge is 2.22. The lowest BCUT2D eigenvalue weighted by atomic mass is 9.97. The first-order valence-corrected chi connectivity index (χ1v) is 10.8. The van der Waals surface area contributed by atoms with Gasteiger partial charge in [0.05, 0.1) is 24.5 Å². The lowest BCUT2D eigenvalue weighted by Crippen LogP contribution is -2.47. The van der Waals surface area contributed by atoms with Crippen LogP contribution < -0.4 is 5.56 Å². The molecule has 5 rings (SSSR count). The van der Waals surface area contributed by atoms with E-state index < -0.39 is 0 Å². The van der Waals surface area contributed by atoms with Crippen molar-refractivity contribution in [2.24, 2.45) is 0 Å². The van der Waals surface area contributed by atoms with Gasteiger partial charge in [-0.25, -0.2) is 9.67 Å². The van der Waals surface area contributed by atoms with Gasteiger partial charge in [-0.15, -0.1) is 0 Å². The minimum absolute atomic E-state index is 0.0521. The molecular weight excluding hydrogens is 354 g/mol. The number of rotatable bonds is 5. The molecule has 0 unspecified atom stereocenters. The minimum atomic E-state index is 0.0521. The van der Waals surface area contributed by atoms with Crippen molar-refractivity contribution < 1.29 is 4.42 Å². The van der Waals surface area contributed by atoms with Gasteiger partial charge in [-0.3, -0.25) is 14.6 Å². The summed E-state index contributed by atoms with van der Waals surface area (Å²) in [6.45, 7) is 6.43. The monoisotopic (exact) mass is 383 g/mol. The average Bonchev–Trinajstić information content (AvgIpc) is 3.29. The van der Waals surface area contributed by atoms with Gasteiger partial charge >= 0.3 is 0 Å². The van der Waals surface area contributed by atoms with Crippen LogP contribution in [0.2, 0.25) is 0 Å². The minimum Gasteiger partial charge on any atom is -0.444 e. The summed E-state index contributed by atoms with van der Waals surface area (Å²) in [5.41, 5.74) is 3.53. The average molecular weight is 383 g/mol. The first-order chi connectivity index (χ1) is 13.7. The van der Waals surface area contributed by atoms with E-state index in [-0.39, 0.29) is 5.56 Å². The molecule has 28 heavy (non-hydrogen) atoms. The van der Waals surface area contributed by atoms with E-state index in [2.05, 4.69) is 19.9 Å². The zero-order valence-corrected chi connectivity index (χ0v) is 16.5. The lowest BCUT2D eigenvalue weighted by molar-refractivity contribution is 0.115. The summed E-state index contributed by atoms with van der Waals surface area (Å²) < 4.78 is 7.58. The molecule has 0 radical (unpaired) electrons. The van der Waals surface area contributed by atoms with E-state index in [1.807, 2.05) is 6.07 Å². The number of aromatic nitrogens is 3. The summed E-state index contributed by atoms with van der Waals surface area (Å²) in [6, 6.07) is 1.81. The molecule has 7 heteroatoms. The van der Waals surface area contributed by atoms with Crippen LogP contribution in [0.4, 0.5) is 0 Å². The third kappa shape index (κ3) is 3.78. The van der Waals surface area contributed by atoms with Crippen LogP contribution >= 0.6 is 0 Å². The summed E-state index contributed by atoms with van der Waals surface area (Å²) in [6.07, 6.45) is 7.69. The van der Waals surface area contributed by atoms with Crippen LogP contribution in [0, 0.1) is 0 Å². The van der Waals surface area contributed by atoms with Crippen molar-refractivity contribution in [1.29, 1.82) is 0 Å². The molecule has 0 amide bonds. The molecule has 150 valence electrons. The molecule has 3 heterocycles. The van der Waals surface area contributed by atoms with Gasteiger partial charge in [0.15, 0.2) is 0 Å². The van der Waals surface area contributed by atoms with Crippen molar-refractivity contribution in [2.45, 2.75) is 58.0 Å². The van der Waals surface area contributed by atoms with Crippen LogP contribution in [0.25, 0.3) is 0 Å². The fourth-order valence-corrected chi connectivity index (χ4v) is 4.67. The summed E-state index contributed by atoms with van der Waals surface area (Å²) >= 11 is 0. The molecular formula is C21H29N5O2. The van der Waals surface area contributed by atoms with Crippen molar-refractivity contribution in [3.05, 3.63) is 45.0 Å². The fraction of sp³-hybridized carbons (Fsp3) is 0.667. The predicted octanol–water partition coefficient (Wildman–Crippen LogP) is 1.42. The maximum Gasteiger partial charge on any atom is 0.267 e. The van der Waals surface area contributed by atoms with Crippen LogP contribution in [0.5, 0.6) is 0 Å². The Morgan fingerprint density at radius 1 is 0.893 bits per heavy atom. The highest BCUT2D eigenvalue weighted by atomic mass is 16.4. The van der Waals surface area contributed by atoms with E-state index in [1.54, 1.807) is 4.68 Å². The molecule has 0 aromatic carbocycles. The molecule has 0 bridgehead atoms. The number of piperazine rings is 1. The Hall–Kier alpha value is -1.99. The zero-order chi connectivity index (χ0) is 18.9. The number of hydrogen-bond acceptors (Lipinski definition) is 6. The van der Waals surface area contributed by atoms with Gasteiger partial charge in [0.25, 0.3) is 5.56 Å². The molecule has 7 nitrogen and oxygen atoms in total. The van der Waals surface area contributed by atoms with E-state index in [4.69, 9.17) is 4.42 Å². The molecule has 0 spiro atoms. The number of aryl methyl sites for hydroxylation is 4. The third-order valence-electron chi connectivity index (χ3n) is 6.37. The van der Waals surface area contributed by atoms with Crippen molar-refractivity contribution in [3.8, 4) is 0 Å². The summed E-state index contributed by atoms with van der Waals surface area (Å²) in [5.74, 6) is 1.99. The highest BCUT2D eigenvalue weighted by Crippen LogP contribution is 2.23.